The van der Waals surface area contributed by atoms with Crippen LogP contribution in [0.3, 0.4) is 0 Å². The van der Waals surface area contributed by atoms with Crippen molar-refractivity contribution >= 4 is 10.8 Å². The normalized spacial score (nSPS) is 10.2. The van der Waals surface area contributed by atoms with Crippen molar-refractivity contribution in [2.75, 3.05) is 21.3 Å². The molecule has 16 heavy (non-hydrogen) atoms. The van der Waals surface area contributed by atoms with Gasteiger partial charge in [-0.1, -0.05) is 0 Å². The van der Waals surface area contributed by atoms with E-state index in [1.807, 2.05) is 18.2 Å². The molecule has 0 saturated heterocycles. The van der Waals surface area contributed by atoms with Crippen molar-refractivity contribution in [1.82, 2.24) is 4.98 Å². The first-order valence-corrected chi connectivity index (χ1v) is 4.85. The van der Waals surface area contributed by atoms with Gasteiger partial charge in [-0.15, -0.1) is 0 Å². The van der Waals surface area contributed by atoms with Gasteiger partial charge >= 0.3 is 0 Å². The van der Waals surface area contributed by atoms with Gasteiger partial charge in [0.25, 0.3) is 0 Å². The van der Waals surface area contributed by atoms with E-state index in [9.17, 15) is 0 Å². The van der Waals surface area contributed by atoms with Crippen molar-refractivity contribution in [3.05, 3.63) is 24.4 Å². The van der Waals surface area contributed by atoms with Crippen LogP contribution in [0.1, 0.15) is 0 Å². The highest BCUT2D eigenvalue weighted by molar-refractivity contribution is 5.92. The maximum absolute atomic E-state index is 5.25. The van der Waals surface area contributed by atoms with Gasteiger partial charge in [0, 0.05) is 10.8 Å². The lowest BCUT2D eigenvalue weighted by atomic mass is 10.1. The Morgan fingerprint density at radius 3 is 2.38 bits per heavy atom. The van der Waals surface area contributed by atoms with Crippen molar-refractivity contribution in [2.45, 2.75) is 0 Å². The topological polar surface area (TPSA) is 40.6 Å². The Labute approximate surface area is 93.8 Å². The summed E-state index contributed by atoms with van der Waals surface area (Å²) in [6.45, 7) is 0. The molecule has 0 bridgehead atoms. The largest absolute Gasteiger partial charge is 0.497 e. The molecule has 0 atom stereocenters. The van der Waals surface area contributed by atoms with Crippen molar-refractivity contribution in [1.29, 1.82) is 0 Å². The van der Waals surface area contributed by atoms with Crippen molar-refractivity contribution in [2.24, 2.45) is 0 Å². The monoisotopic (exact) mass is 219 g/mol. The first-order valence-electron chi connectivity index (χ1n) is 4.85. The number of hydrogen-bond acceptors (Lipinski definition) is 4. The Hall–Kier alpha value is -1.97. The molecule has 0 spiro atoms. The van der Waals surface area contributed by atoms with Gasteiger partial charge < -0.3 is 14.2 Å². The highest BCUT2D eigenvalue weighted by atomic mass is 16.5. The average molecular weight is 219 g/mol. The van der Waals surface area contributed by atoms with Gasteiger partial charge in [-0.25, -0.2) is 4.98 Å². The molecule has 0 unspecified atom stereocenters. The number of hydrogen-bond donors (Lipinski definition) is 0. The molecule has 1 aromatic heterocycles. The zero-order chi connectivity index (χ0) is 11.5. The van der Waals surface area contributed by atoms with E-state index in [-0.39, 0.29) is 0 Å². The minimum atomic E-state index is 0.582. The van der Waals surface area contributed by atoms with E-state index < -0.39 is 0 Å². The summed E-state index contributed by atoms with van der Waals surface area (Å²) in [6, 6.07) is 5.67. The molecule has 0 radical (unpaired) electrons. The Kier molecular flexibility index (Phi) is 2.81. The van der Waals surface area contributed by atoms with Gasteiger partial charge in [-0.3, -0.25) is 0 Å². The predicted octanol–water partition coefficient (Wildman–Crippen LogP) is 2.26. The van der Waals surface area contributed by atoms with Gasteiger partial charge in [-0.2, -0.15) is 0 Å². The number of ether oxygens (including phenoxy) is 3. The standard InChI is InChI=1S/C12H13NO3/c1-14-8-4-5-9-10(6-8)11(15-2)7-13-12(9)16-3/h4-7H,1-3H3. The van der Waals surface area contributed by atoms with Crippen molar-refractivity contribution in [3.8, 4) is 17.4 Å². The molecule has 0 amide bonds. The van der Waals surface area contributed by atoms with Crippen LogP contribution in [-0.4, -0.2) is 26.3 Å². The van der Waals surface area contributed by atoms with Gasteiger partial charge in [-0.05, 0) is 18.2 Å². The summed E-state index contributed by atoms with van der Waals surface area (Å²) in [6.07, 6.45) is 1.64. The first kappa shape index (κ1) is 10.5. The van der Waals surface area contributed by atoms with E-state index in [4.69, 9.17) is 14.2 Å². The lowest BCUT2D eigenvalue weighted by Crippen LogP contribution is -1.93. The molecule has 0 saturated carbocycles. The predicted molar refractivity (Wildman–Crippen MR) is 61.4 cm³/mol. The van der Waals surface area contributed by atoms with E-state index in [0.717, 1.165) is 16.5 Å². The molecule has 84 valence electrons. The van der Waals surface area contributed by atoms with Crippen LogP contribution in [0.15, 0.2) is 24.4 Å². The second-order valence-corrected chi connectivity index (χ2v) is 3.25. The van der Waals surface area contributed by atoms with Crippen LogP contribution in [-0.2, 0) is 0 Å². The third kappa shape index (κ3) is 1.62. The second-order valence-electron chi connectivity index (χ2n) is 3.25. The Morgan fingerprint density at radius 1 is 0.938 bits per heavy atom. The first-order chi connectivity index (χ1) is 7.80. The summed E-state index contributed by atoms with van der Waals surface area (Å²) in [4.78, 5) is 4.16. The minimum Gasteiger partial charge on any atom is -0.497 e. The van der Waals surface area contributed by atoms with Crippen LogP contribution in [0.25, 0.3) is 10.8 Å². The molecule has 4 heteroatoms. The summed E-state index contributed by atoms with van der Waals surface area (Å²) in [5.41, 5.74) is 0. The number of benzene rings is 1. The third-order valence-electron chi connectivity index (χ3n) is 2.43. The number of methoxy groups -OCH3 is 3. The molecular weight excluding hydrogens is 206 g/mol. The summed E-state index contributed by atoms with van der Waals surface area (Å²) in [7, 11) is 4.84. The molecule has 0 N–H and O–H groups in total. The highest BCUT2D eigenvalue weighted by Crippen LogP contribution is 2.33. The Morgan fingerprint density at radius 2 is 1.75 bits per heavy atom. The zero-order valence-electron chi connectivity index (χ0n) is 9.48. The zero-order valence-corrected chi connectivity index (χ0v) is 9.48. The molecule has 0 aliphatic rings. The quantitative estimate of drug-likeness (QED) is 0.794. The van der Waals surface area contributed by atoms with Crippen molar-refractivity contribution < 1.29 is 14.2 Å². The molecule has 1 aromatic carbocycles. The molecule has 4 nitrogen and oxygen atoms in total. The lowest BCUT2D eigenvalue weighted by molar-refractivity contribution is 0.394. The summed E-state index contributed by atoms with van der Waals surface area (Å²) in [5.74, 6) is 2.06. The molecule has 2 aromatic rings. The molecule has 1 heterocycles. The minimum absolute atomic E-state index is 0.582. The van der Waals surface area contributed by atoms with E-state index in [2.05, 4.69) is 4.98 Å². The van der Waals surface area contributed by atoms with Gasteiger partial charge in [0.2, 0.25) is 5.88 Å². The van der Waals surface area contributed by atoms with Crippen LogP contribution >= 0.6 is 0 Å². The highest BCUT2D eigenvalue weighted by Gasteiger charge is 2.09. The van der Waals surface area contributed by atoms with Crippen LogP contribution < -0.4 is 14.2 Å². The fraction of sp³-hybridized carbons (Fsp3) is 0.250. The Bertz CT molecular complexity index is 511. The van der Waals surface area contributed by atoms with E-state index in [1.54, 1.807) is 27.5 Å². The van der Waals surface area contributed by atoms with E-state index in [1.165, 1.54) is 0 Å². The maximum Gasteiger partial charge on any atom is 0.221 e. The lowest BCUT2D eigenvalue weighted by Gasteiger charge is -2.09. The second kappa shape index (κ2) is 4.26. The number of pyridine rings is 1. The summed E-state index contributed by atoms with van der Waals surface area (Å²) in [5, 5.41) is 1.83. The number of nitrogens with zero attached hydrogens (tertiary/aromatic N) is 1. The third-order valence-corrected chi connectivity index (χ3v) is 2.43. The van der Waals surface area contributed by atoms with Crippen molar-refractivity contribution in [3.63, 3.8) is 0 Å². The van der Waals surface area contributed by atoms with E-state index >= 15 is 0 Å². The number of rotatable bonds is 3. The van der Waals surface area contributed by atoms with Crippen LogP contribution in [0.5, 0.6) is 17.4 Å². The number of fused-ring (bicyclic) bond motifs is 1. The summed E-state index contributed by atoms with van der Waals surface area (Å²) < 4.78 is 15.6. The number of aromatic nitrogens is 1. The molecule has 0 aliphatic carbocycles. The maximum atomic E-state index is 5.25. The smallest absolute Gasteiger partial charge is 0.221 e. The van der Waals surface area contributed by atoms with Crippen LogP contribution in [0.4, 0.5) is 0 Å². The fourth-order valence-corrected chi connectivity index (χ4v) is 1.62. The van der Waals surface area contributed by atoms with Gasteiger partial charge in [0.15, 0.2) is 0 Å². The van der Waals surface area contributed by atoms with Crippen LogP contribution in [0, 0.1) is 0 Å². The average Bonchev–Trinajstić information content (AvgIpc) is 2.36. The fourth-order valence-electron chi connectivity index (χ4n) is 1.62. The molecule has 2 rings (SSSR count). The summed E-state index contributed by atoms with van der Waals surface area (Å²) >= 11 is 0. The molecule has 0 aliphatic heterocycles. The van der Waals surface area contributed by atoms with Gasteiger partial charge in [0.1, 0.15) is 11.5 Å². The van der Waals surface area contributed by atoms with Gasteiger partial charge in [0.05, 0.1) is 27.5 Å². The molecular formula is C12H13NO3. The Balaban J connectivity index is 2.74. The van der Waals surface area contributed by atoms with Crippen LogP contribution in [0.2, 0.25) is 0 Å². The van der Waals surface area contributed by atoms with E-state index in [0.29, 0.717) is 11.6 Å². The molecule has 0 fully saturated rings. The SMILES string of the molecule is COc1ccc2c(OC)ncc(OC)c2c1.